The second kappa shape index (κ2) is 7.91. The minimum Gasteiger partial charge on any atom is -0.390 e. The topological polar surface area (TPSA) is 49.7 Å². The largest absolute Gasteiger partial charge is 0.417 e. The van der Waals surface area contributed by atoms with E-state index in [9.17, 15) is 23.4 Å². The minimum atomic E-state index is -4.56. The van der Waals surface area contributed by atoms with Crippen LogP contribution in [0.1, 0.15) is 75.7 Å². The van der Waals surface area contributed by atoms with Gasteiger partial charge in [0.05, 0.1) is 16.8 Å². The minimum absolute atomic E-state index is 0.0500. The molecule has 4 rings (SSSR count). The Kier molecular flexibility index (Phi) is 5.06. The highest BCUT2D eigenvalue weighted by atomic mass is 19.4. The van der Waals surface area contributed by atoms with Crippen molar-refractivity contribution in [3.8, 4) is 0 Å². The van der Waals surface area contributed by atoms with Crippen LogP contribution in [0.2, 0.25) is 0 Å². The summed E-state index contributed by atoms with van der Waals surface area (Å²) in [5.74, 6) is 1.83. The number of rotatable bonds is 4. The molecule has 0 spiro atoms. The maximum absolute atomic E-state index is 13.4. The molecule has 0 aromatic rings. The third kappa shape index (κ3) is 3.53. The van der Waals surface area contributed by atoms with Crippen molar-refractivity contribution >= 4 is 0 Å². The summed E-state index contributed by atoms with van der Waals surface area (Å²) in [4.78, 5) is 0. The lowest BCUT2D eigenvalue weighted by atomic mass is 9.48. The highest BCUT2D eigenvalue weighted by Gasteiger charge is 2.62. The Morgan fingerprint density at radius 2 is 1.80 bits per heavy atom. The molecule has 6 heteroatoms. The summed E-state index contributed by atoms with van der Waals surface area (Å²) in [6.45, 7) is 4.11. The Hall–Kier alpha value is -0.330. The van der Waals surface area contributed by atoms with Crippen LogP contribution in [0, 0.1) is 46.8 Å². The highest BCUT2D eigenvalue weighted by Crippen LogP contribution is 2.66. The summed E-state index contributed by atoms with van der Waals surface area (Å²) in [5.41, 5.74) is -2.47. The van der Waals surface area contributed by atoms with E-state index in [1.807, 2.05) is 6.92 Å². The molecule has 0 radical (unpaired) electrons. The van der Waals surface area contributed by atoms with Crippen LogP contribution < -0.4 is 0 Å². The van der Waals surface area contributed by atoms with Crippen molar-refractivity contribution in [1.29, 1.82) is 0 Å². The predicted molar refractivity (Wildman–Crippen MR) is 109 cm³/mol. The van der Waals surface area contributed by atoms with Crippen LogP contribution in [0.25, 0.3) is 0 Å². The van der Waals surface area contributed by atoms with Crippen LogP contribution in [-0.2, 0) is 4.74 Å². The summed E-state index contributed by atoms with van der Waals surface area (Å²) in [6, 6.07) is 0. The standard InChI is InChI=1S/C24H39F3O3/c1-14(21(28)13-30-3)19-6-7-20-18-5-4-15-12-23(29,24(25,26)27)11-9-16(15)17(18)8-10-22(19,20)2/h14-21,28-29H,4-13H2,1-3H3/t14-,15+,16-,17+,18+,19+,20-,21+,22+,23+/m0/s1/i3D3. The number of hydrogen-bond acceptors (Lipinski definition) is 3. The van der Waals surface area contributed by atoms with E-state index in [4.69, 9.17) is 8.85 Å². The van der Waals surface area contributed by atoms with Gasteiger partial charge in [0.15, 0.2) is 5.60 Å². The molecule has 0 amide bonds. The smallest absolute Gasteiger partial charge is 0.390 e. The highest BCUT2D eigenvalue weighted by molar-refractivity contribution is 5.08. The van der Waals surface area contributed by atoms with Crippen molar-refractivity contribution in [2.24, 2.45) is 46.8 Å². The zero-order valence-corrected chi connectivity index (χ0v) is 18.1. The molecule has 4 fully saturated rings. The summed E-state index contributed by atoms with van der Waals surface area (Å²) < 4.78 is 66.8. The molecule has 0 aromatic carbocycles. The molecule has 174 valence electrons. The Bertz CT molecular complexity index is 717. The first-order chi connectivity index (χ1) is 15.2. The summed E-state index contributed by atoms with van der Waals surface area (Å²) in [6.07, 6.45) is 0.439. The molecule has 0 aliphatic heterocycles. The molecule has 4 aliphatic carbocycles. The summed E-state index contributed by atoms with van der Waals surface area (Å²) >= 11 is 0. The van der Waals surface area contributed by atoms with Crippen molar-refractivity contribution in [3.05, 3.63) is 0 Å². The van der Waals surface area contributed by atoms with Gasteiger partial charge in [0.1, 0.15) is 0 Å². The second-order valence-corrected chi connectivity index (χ2v) is 11.2. The van der Waals surface area contributed by atoms with E-state index in [0.29, 0.717) is 24.2 Å². The molecule has 0 heterocycles. The van der Waals surface area contributed by atoms with Crippen molar-refractivity contribution in [2.75, 3.05) is 13.6 Å². The van der Waals surface area contributed by atoms with Crippen LogP contribution in [0.4, 0.5) is 13.2 Å². The molecule has 0 unspecified atom stereocenters. The number of hydrogen-bond donors (Lipinski definition) is 2. The molecule has 0 bridgehead atoms. The van der Waals surface area contributed by atoms with Gasteiger partial charge in [0.25, 0.3) is 0 Å². The third-order valence-corrected chi connectivity index (χ3v) is 10.1. The van der Waals surface area contributed by atoms with Gasteiger partial charge in [0.2, 0.25) is 0 Å². The number of methoxy groups -OCH3 is 1. The lowest BCUT2D eigenvalue weighted by Gasteiger charge is -2.57. The van der Waals surface area contributed by atoms with Gasteiger partial charge in [-0.1, -0.05) is 13.8 Å². The van der Waals surface area contributed by atoms with Crippen LogP contribution in [0.15, 0.2) is 0 Å². The van der Waals surface area contributed by atoms with Gasteiger partial charge in [-0.05, 0) is 105 Å². The van der Waals surface area contributed by atoms with Gasteiger partial charge in [-0.15, -0.1) is 0 Å². The van der Waals surface area contributed by atoms with Gasteiger partial charge in [-0.2, -0.15) is 13.2 Å². The maximum Gasteiger partial charge on any atom is 0.417 e. The van der Waals surface area contributed by atoms with Crippen LogP contribution >= 0.6 is 0 Å². The van der Waals surface area contributed by atoms with Gasteiger partial charge in [0, 0.05) is 7.04 Å². The Morgan fingerprint density at radius 3 is 2.50 bits per heavy atom. The van der Waals surface area contributed by atoms with Crippen LogP contribution in [0.3, 0.4) is 0 Å². The number of aliphatic hydroxyl groups excluding tert-OH is 1. The van der Waals surface area contributed by atoms with E-state index in [1.165, 1.54) is 0 Å². The van der Waals surface area contributed by atoms with Crippen molar-refractivity contribution < 1.29 is 32.2 Å². The fourth-order valence-electron chi connectivity index (χ4n) is 8.55. The molecule has 4 saturated carbocycles. The third-order valence-electron chi connectivity index (χ3n) is 10.1. The quantitative estimate of drug-likeness (QED) is 0.639. The van der Waals surface area contributed by atoms with Gasteiger partial charge in [-0.3, -0.25) is 0 Å². The molecule has 30 heavy (non-hydrogen) atoms. The van der Waals surface area contributed by atoms with Gasteiger partial charge >= 0.3 is 6.18 Å². The average Bonchev–Trinajstić information content (AvgIpc) is 3.06. The Balaban J connectivity index is 1.44. The molecule has 0 saturated heterocycles. The van der Waals surface area contributed by atoms with Crippen LogP contribution in [0.5, 0.6) is 0 Å². The monoisotopic (exact) mass is 435 g/mol. The maximum atomic E-state index is 13.4. The fraction of sp³-hybridized carbons (Fsp3) is 1.00. The van der Waals surface area contributed by atoms with Gasteiger partial charge in [-0.25, -0.2) is 0 Å². The summed E-state index contributed by atoms with van der Waals surface area (Å²) in [7, 11) is -2.52. The number of fused-ring (bicyclic) bond motifs is 5. The lowest BCUT2D eigenvalue weighted by Crippen LogP contribution is -2.55. The fourth-order valence-corrected chi connectivity index (χ4v) is 8.55. The molecule has 4 aliphatic rings. The zero-order valence-electron chi connectivity index (χ0n) is 21.1. The van der Waals surface area contributed by atoms with E-state index < -0.39 is 24.9 Å². The van der Waals surface area contributed by atoms with Crippen molar-refractivity contribution in [3.63, 3.8) is 0 Å². The van der Waals surface area contributed by atoms with Crippen molar-refractivity contribution in [1.82, 2.24) is 0 Å². The van der Waals surface area contributed by atoms with Gasteiger partial charge < -0.3 is 14.9 Å². The number of halogens is 3. The Labute approximate surface area is 183 Å². The van der Waals surface area contributed by atoms with Crippen LogP contribution in [-0.4, -0.2) is 41.7 Å². The molecule has 10 atom stereocenters. The number of alkyl halides is 3. The summed E-state index contributed by atoms with van der Waals surface area (Å²) in [5, 5.41) is 20.9. The molecular formula is C24H39F3O3. The first-order valence-corrected chi connectivity index (χ1v) is 11.8. The molecule has 0 aromatic heterocycles. The molecule has 2 N–H and O–H groups in total. The van der Waals surface area contributed by atoms with E-state index in [-0.39, 0.29) is 48.5 Å². The lowest BCUT2D eigenvalue weighted by molar-refractivity contribution is -0.282. The first kappa shape index (κ1) is 19.2. The van der Waals surface area contributed by atoms with E-state index in [2.05, 4.69) is 6.92 Å². The zero-order chi connectivity index (χ0) is 24.4. The SMILES string of the molecule is [2H]C([2H])([2H])OC[C@@H](O)[C@@H](C)[C@H]1CC[C@H]2[C@@H]3CC[C@@H]4C[C@@](O)(C(F)(F)F)CC[C@@H]4[C@H]3CC[C@]12C. The second-order valence-electron chi connectivity index (χ2n) is 11.2. The Morgan fingerprint density at radius 1 is 1.07 bits per heavy atom. The van der Waals surface area contributed by atoms with Crippen molar-refractivity contribution in [2.45, 2.75) is 89.5 Å². The average molecular weight is 436 g/mol. The molecule has 3 nitrogen and oxygen atoms in total. The van der Waals surface area contributed by atoms with E-state index >= 15 is 0 Å². The van der Waals surface area contributed by atoms with E-state index in [1.54, 1.807) is 0 Å². The predicted octanol–water partition coefficient (Wildman–Crippen LogP) is 5.19. The molecular weight excluding hydrogens is 393 g/mol. The van der Waals surface area contributed by atoms with E-state index in [0.717, 1.165) is 38.5 Å². The first-order valence-electron chi connectivity index (χ1n) is 13.3. The number of ether oxygens (including phenoxy) is 1. The normalized spacial score (nSPS) is 50.3. The number of aliphatic hydroxyl groups is 2.